The molecule has 2 N–H and O–H groups in total. The SMILES string of the molecule is C#C/C(Cl)=C\C=C(/C)C(=O)Nc1ccc([C@@H]2CCCNC2)cc1. The minimum absolute atomic E-state index is 0.171. The summed E-state index contributed by atoms with van der Waals surface area (Å²) in [5.41, 5.74) is 2.63. The number of allylic oxidation sites excluding steroid dienone is 3. The number of carbonyl (C=O) groups is 1. The van der Waals surface area contributed by atoms with Gasteiger partial charge in [-0.25, -0.2) is 0 Å². The average Bonchev–Trinajstić information content (AvgIpc) is 2.60. The second-order valence-electron chi connectivity index (χ2n) is 5.63. The van der Waals surface area contributed by atoms with E-state index >= 15 is 0 Å². The van der Waals surface area contributed by atoms with Crippen LogP contribution in [-0.2, 0) is 4.79 Å². The highest BCUT2D eigenvalue weighted by Crippen LogP contribution is 2.24. The van der Waals surface area contributed by atoms with Gasteiger partial charge >= 0.3 is 0 Å². The third-order valence-corrected chi connectivity index (χ3v) is 4.15. The van der Waals surface area contributed by atoms with Gasteiger partial charge in [0.15, 0.2) is 0 Å². The Morgan fingerprint density at radius 2 is 2.13 bits per heavy atom. The Bertz CT molecular complexity index is 647. The van der Waals surface area contributed by atoms with Crippen molar-refractivity contribution in [2.24, 2.45) is 0 Å². The highest BCUT2D eigenvalue weighted by Gasteiger charge is 2.14. The molecule has 0 aliphatic carbocycles. The topological polar surface area (TPSA) is 41.1 Å². The Morgan fingerprint density at radius 1 is 1.39 bits per heavy atom. The van der Waals surface area contributed by atoms with E-state index in [9.17, 15) is 4.79 Å². The lowest BCUT2D eigenvalue weighted by atomic mass is 9.91. The number of hydrogen-bond donors (Lipinski definition) is 2. The molecule has 120 valence electrons. The summed E-state index contributed by atoms with van der Waals surface area (Å²) in [4.78, 5) is 12.1. The molecule has 0 radical (unpaired) electrons. The maximum atomic E-state index is 12.1. The number of piperidine rings is 1. The predicted molar refractivity (Wildman–Crippen MR) is 96.4 cm³/mol. The number of halogens is 1. The minimum atomic E-state index is -0.171. The first-order valence-electron chi connectivity index (χ1n) is 7.73. The van der Waals surface area contributed by atoms with Gasteiger partial charge in [0.1, 0.15) is 0 Å². The molecule has 0 spiro atoms. The van der Waals surface area contributed by atoms with Crippen molar-refractivity contribution < 1.29 is 4.79 Å². The Labute approximate surface area is 142 Å². The first-order chi connectivity index (χ1) is 11.1. The number of rotatable bonds is 4. The molecule has 1 aromatic carbocycles. The van der Waals surface area contributed by atoms with Gasteiger partial charge in [0.25, 0.3) is 5.91 Å². The molecule has 2 rings (SSSR count). The lowest BCUT2D eigenvalue weighted by Crippen LogP contribution is -2.28. The monoisotopic (exact) mass is 328 g/mol. The first kappa shape index (κ1) is 17.3. The third kappa shape index (κ3) is 5.28. The Morgan fingerprint density at radius 3 is 2.74 bits per heavy atom. The highest BCUT2D eigenvalue weighted by atomic mass is 35.5. The zero-order valence-electron chi connectivity index (χ0n) is 13.2. The summed E-state index contributed by atoms with van der Waals surface area (Å²) in [6.45, 7) is 3.85. The van der Waals surface area contributed by atoms with Gasteiger partial charge < -0.3 is 10.6 Å². The van der Waals surface area contributed by atoms with Crippen LogP contribution in [-0.4, -0.2) is 19.0 Å². The average molecular weight is 329 g/mol. The number of anilines is 1. The minimum Gasteiger partial charge on any atom is -0.322 e. The van der Waals surface area contributed by atoms with E-state index in [0.29, 0.717) is 11.5 Å². The van der Waals surface area contributed by atoms with Crippen molar-refractivity contribution in [2.75, 3.05) is 18.4 Å². The van der Waals surface area contributed by atoms with Crippen LogP contribution in [0, 0.1) is 12.3 Å². The fourth-order valence-electron chi connectivity index (χ4n) is 2.53. The van der Waals surface area contributed by atoms with Gasteiger partial charge in [0.2, 0.25) is 0 Å². The highest BCUT2D eigenvalue weighted by molar-refractivity contribution is 6.32. The number of hydrogen-bond acceptors (Lipinski definition) is 2. The second-order valence-corrected chi connectivity index (χ2v) is 6.04. The molecule has 1 saturated heterocycles. The van der Waals surface area contributed by atoms with Gasteiger partial charge in [0.05, 0.1) is 5.03 Å². The maximum Gasteiger partial charge on any atom is 0.251 e. The Balaban J connectivity index is 1.97. The van der Waals surface area contributed by atoms with E-state index in [0.717, 1.165) is 18.8 Å². The Hall–Kier alpha value is -2.02. The maximum absolute atomic E-state index is 12.1. The molecule has 0 unspecified atom stereocenters. The van der Waals surface area contributed by atoms with Gasteiger partial charge in [0, 0.05) is 17.8 Å². The van der Waals surface area contributed by atoms with Gasteiger partial charge in [-0.05, 0) is 56.0 Å². The molecule has 1 aliphatic heterocycles. The standard InChI is InChI=1S/C19H21ClN2O/c1-3-17(20)9-6-14(2)19(23)22-18-10-7-15(8-11-18)16-5-4-12-21-13-16/h1,6-11,16,21H,4-5,12-13H2,2H3,(H,22,23)/b14-6+,17-9+/t16-/m1/s1. The third-order valence-electron chi connectivity index (χ3n) is 3.91. The molecular formula is C19H21ClN2O. The van der Waals surface area contributed by atoms with Gasteiger partial charge in [-0.2, -0.15) is 0 Å². The van der Waals surface area contributed by atoms with Crippen LogP contribution in [0.4, 0.5) is 5.69 Å². The van der Waals surface area contributed by atoms with Crippen LogP contribution in [0.2, 0.25) is 0 Å². The van der Waals surface area contributed by atoms with E-state index < -0.39 is 0 Å². The quantitative estimate of drug-likeness (QED) is 0.501. The van der Waals surface area contributed by atoms with Crippen LogP contribution in [0.1, 0.15) is 31.2 Å². The van der Waals surface area contributed by atoms with Crippen LogP contribution in [0.25, 0.3) is 0 Å². The summed E-state index contributed by atoms with van der Waals surface area (Å²) in [6, 6.07) is 8.06. The van der Waals surface area contributed by atoms with Crippen LogP contribution in [0.15, 0.2) is 47.0 Å². The zero-order valence-corrected chi connectivity index (χ0v) is 14.0. The predicted octanol–water partition coefficient (Wildman–Crippen LogP) is 3.79. The smallest absolute Gasteiger partial charge is 0.251 e. The number of nitrogens with one attached hydrogen (secondary N) is 2. The number of carbonyl (C=O) groups excluding carboxylic acids is 1. The van der Waals surface area contributed by atoms with Gasteiger partial charge in [-0.3, -0.25) is 4.79 Å². The lowest BCUT2D eigenvalue weighted by molar-refractivity contribution is -0.112. The molecule has 1 aliphatic rings. The molecule has 4 heteroatoms. The number of amides is 1. The largest absolute Gasteiger partial charge is 0.322 e. The van der Waals surface area contributed by atoms with E-state index in [4.69, 9.17) is 18.0 Å². The molecule has 1 aromatic rings. The molecule has 3 nitrogen and oxygen atoms in total. The van der Waals surface area contributed by atoms with Crippen molar-refractivity contribution in [1.82, 2.24) is 5.32 Å². The van der Waals surface area contributed by atoms with Crippen LogP contribution in [0.3, 0.4) is 0 Å². The van der Waals surface area contributed by atoms with Crippen LogP contribution in [0.5, 0.6) is 0 Å². The fraction of sp³-hybridized carbons (Fsp3) is 0.316. The normalized spacial score (nSPS) is 19.1. The summed E-state index contributed by atoms with van der Waals surface area (Å²) < 4.78 is 0. The van der Waals surface area contributed by atoms with E-state index in [1.54, 1.807) is 13.0 Å². The van der Waals surface area contributed by atoms with E-state index in [1.807, 2.05) is 12.1 Å². The van der Waals surface area contributed by atoms with Crippen molar-refractivity contribution in [3.8, 4) is 12.3 Å². The molecule has 0 aromatic heterocycles. The molecule has 1 heterocycles. The summed E-state index contributed by atoms with van der Waals surface area (Å²) in [5, 5.41) is 6.55. The molecule has 0 saturated carbocycles. The van der Waals surface area contributed by atoms with Crippen molar-refractivity contribution in [1.29, 1.82) is 0 Å². The molecule has 0 bridgehead atoms. The van der Waals surface area contributed by atoms with Crippen molar-refractivity contribution in [2.45, 2.75) is 25.7 Å². The molecule has 1 fully saturated rings. The van der Waals surface area contributed by atoms with E-state index in [1.165, 1.54) is 24.5 Å². The summed E-state index contributed by atoms with van der Waals surface area (Å²) >= 11 is 5.71. The number of benzene rings is 1. The zero-order chi connectivity index (χ0) is 16.7. The van der Waals surface area contributed by atoms with Crippen LogP contribution >= 0.6 is 11.6 Å². The van der Waals surface area contributed by atoms with E-state index in [-0.39, 0.29) is 10.9 Å². The van der Waals surface area contributed by atoms with Gasteiger partial charge in [-0.15, -0.1) is 6.42 Å². The molecule has 1 atom stereocenters. The summed E-state index contributed by atoms with van der Waals surface area (Å²) in [5.74, 6) is 2.68. The first-order valence-corrected chi connectivity index (χ1v) is 8.10. The molecule has 23 heavy (non-hydrogen) atoms. The molecular weight excluding hydrogens is 308 g/mol. The van der Waals surface area contributed by atoms with Gasteiger partial charge in [-0.1, -0.05) is 35.7 Å². The van der Waals surface area contributed by atoms with E-state index in [2.05, 4.69) is 28.7 Å². The summed E-state index contributed by atoms with van der Waals surface area (Å²) in [7, 11) is 0. The number of terminal acetylenes is 1. The molecule has 1 amide bonds. The van der Waals surface area contributed by atoms with Crippen molar-refractivity contribution in [3.63, 3.8) is 0 Å². The van der Waals surface area contributed by atoms with Crippen LogP contribution < -0.4 is 10.6 Å². The Kier molecular flexibility index (Phi) is 6.46. The van der Waals surface area contributed by atoms with Crippen molar-refractivity contribution in [3.05, 3.63) is 52.6 Å². The lowest BCUT2D eigenvalue weighted by Gasteiger charge is -2.23. The van der Waals surface area contributed by atoms with Crippen molar-refractivity contribution >= 4 is 23.2 Å². The summed E-state index contributed by atoms with van der Waals surface area (Å²) in [6.07, 6.45) is 10.7. The second kappa shape index (κ2) is 8.57. The fourth-order valence-corrected chi connectivity index (χ4v) is 2.59.